The molecule has 0 aliphatic carbocycles. The third-order valence-electron chi connectivity index (χ3n) is 5.04. The number of hydrogen-bond acceptors (Lipinski definition) is 3. The zero-order chi connectivity index (χ0) is 19.1. The van der Waals surface area contributed by atoms with Crippen LogP contribution in [0, 0.1) is 5.92 Å². The second-order valence-electron chi connectivity index (χ2n) is 7.11. The van der Waals surface area contributed by atoms with Crippen LogP contribution in [0.4, 0.5) is 5.69 Å². The Morgan fingerprint density at radius 3 is 2.22 bits per heavy atom. The van der Waals surface area contributed by atoms with Gasteiger partial charge < -0.3 is 10.6 Å². The van der Waals surface area contributed by atoms with Crippen molar-refractivity contribution in [1.82, 2.24) is 10.2 Å². The molecule has 2 aromatic rings. The molecule has 5 heteroatoms. The van der Waals surface area contributed by atoms with Gasteiger partial charge in [0, 0.05) is 11.6 Å². The maximum Gasteiger partial charge on any atom is 0.234 e. The second-order valence-corrected chi connectivity index (χ2v) is 7.11. The van der Waals surface area contributed by atoms with Gasteiger partial charge in [-0.25, -0.2) is 0 Å². The van der Waals surface area contributed by atoms with Gasteiger partial charge in [-0.05, 0) is 50.6 Å². The van der Waals surface area contributed by atoms with E-state index in [1.165, 1.54) is 0 Å². The maximum absolute atomic E-state index is 12.4. The Morgan fingerprint density at radius 1 is 1.00 bits per heavy atom. The van der Waals surface area contributed by atoms with Crippen LogP contribution in [0.5, 0.6) is 0 Å². The number of benzene rings is 2. The standard InChI is InChI=1S/C22H27N3O2/c1-17(18-8-4-2-5-9-18)23-21(26)16-25-14-12-19(13-15-25)22(27)24-20-10-6-3-7-11-20/h2-11,17,19H,12-16H2,1H3,(H,23,26)(H,24,27). The number of para-hydroxylation sites is 1. The van der Waals surface area contributed by atoms with Crippen LogP contribution in [0.3, 0.4) is 0 Å². The molecule has 1 fully saturated rings. The molecule has 2 aromatic carbocycles. The molecule has 1 heterocycles. The Labute approximate surface area is 160 Å². The molecular weight excluding hydrogens is 338 g/mol. The summed E-state index contributed by atoms with van der Waals surface area (Å²) < 4.78 is 0. The van der Waals surface area contributed by atoms with Crippen molar-refractivity contribution in [3.63, 3.8) is 0 Å². The van der Waals surface area contributed by atoms with Crippen LogP contribution in [0.15, 0.2) is 60.7 Å². The highest BCUT2D eigenvalue weighted by molar-refractivity contribution is 5.92. The van der Waals surface area contributed by atoms with Gasteiger partial charge in [0.25, 0.3) is 0 Å². The first-order valence-corrected chi connectivity index (χ1v) is 9.54. The van der Waals surface area contributed by atoms with Gasteiger partial charge in [0.15, 0.2) is 0 Å². The van der Waals surface area contributed by atoms with Crippen LogP contribution in [0.1, 0.15) is 31.4 Å². The lowest BCUT2D eigenvalue weighted by atomic mass is 9.95. The van der Waals surface area contributed by atoms with Gasteiger partial charge in [0.1, 0.15) is 0 Å². The van der Waals surface area contributed by atoms with Crippen molar-refractivity contribution in [1.29, 1.82) is 0 Å². The van der Waals surface area contributed by atoms with E-state index in [4.69, 9.17) is 0 Å². The van der Waals surface area contributed by atoms with Gasteiger partial charge in [-0.2, -0.15) is 0 Å². The molecule has 1 aliphatic heterocycles. The van der Waals surface area contributed by atoms with E-state index >= 15 is 0 Å². The third-order valence-corrected chi connectivity index (χ3v) is 5.04. The normalized spacial score (nSPS) is 16.5. The van der Waals surface area contributed by atoms with E-state index in [2.05, 4.69) is 15.5 Å². The fourth-order valence-corrected chi connectivity index (χ4v) is 3.43. The van der Waals surface area contributed by atoms with Crippen molar-refractivity contribution < 1.29 is 9.59 Å². The summed E-state index contributed by atoms with van der Waals surface area (Å²) in [5, 5.41) is 6.02. The molecule has 1 atom stereocenters. The molecule has 5 nitrogen and oxygen atoms in total. The van der Waals surface area contributed by atoms with E-state index in [0.717, 1.165) is 37.2 Å². The number of amides is 2. The minimum Gasteiger partial charge on any atom is -0.348 e. The number of hydrogen-bond donors (Lipinski definition) is 2. The monoisotopic (exact) mass is 365 g/mol. The molecule has 1 unspecified atom stereocenters. The molecule has 142 valence electrons. The summed E-state index contributed by atoms with van der Waals surface area (Å²) >= 11 is 0. The van der Waals surface area contributed by atoms with E-state index in [1.54, 1.807) is 0 Å². The zero-order valence-corrected chi connectivity index (χ0v) is 15.7. The first-order chi connectivity index (χ1) is 13.1. The molecule has 1 saturated heterocycles. The van der Waals surface area contributed by atoms with Crippen LogP contribution >= 0.6 is 0 Å². The zero-order valence-electron chi connectivity index (χ0n) is 15.7. The van der Waals surface area contributed by atoms with Crippen molar-refractivity contribution in [2.75, 3.05) is 25.0 Å². The fourth-order valence-electron chi connectivity index (χ4n) is 3.43. The number of nitrogens with zero attached hydrogens (tertiary/aromatic N) is 1. The minimum absolute atomic E-state index is 0.00658. The fraction of sp³-hybridized carbons (Fsp3) is 0.364. The van der Waals surface area contributed by atoms with E-state index in [9.17, 15) is 9.59 Å². The lowest BCUT2D eigenvalue weighted by Gasteiger charge is -2.31. The van der Waals surface area contributed by atoms with Gasteiger partial charge in [0.2, 0.25) is 11.8 Å². The maximum atomic E-state index is 12.4. The lowest BCUT2D eigenvalue weighted by molar-refractivity contribution is -0.124. The summed E-state index contributed by atoms with van der Waals surface area (Å²) in [6, 6.07) is 19.5. The second kappa shape index (κ2) is 9.33. The largest absolute Gasteiger partial charge is 0.348 e. The molecule has 1 aliphatic rings. The molecule has 0 aromatic heterocycles. The number of anilines is 1. The van der Waals surface area contributed by atoms with Gasteiger partial charge >= 0.3 is 0 Å². The number of likely N-dealkylation sites (tertiary alicyclic amines) is 1. The number of nitrogens with one attached hydrogen (secondary N) is 2. The van der Waals surface area contributed by atoms with Crippen LogP contribution in [-0.4, -0.2) is 36.3 Å². The lowest BCUT2D eigenvalue weighted by Crippen LogP contribution is -2.43. The molecule has 27 heavy (non-hydrogen) atoms. The predicted molar refractivity (Wildman–Crippen MR) is 107 cm³/mol. The molecule has 0 radical (unpaired) electrons. The van der Waals surface area contributed by atoms with Gasteiger partial charge in [-0.15, -0.1) is 0 Å². The van der Waals surface area contributed by atoms with E-state index in [0.29, 0.717) is 6.54 Å². The summed E-state index contributed by atoms with van der Waals surface area (Å²) in [5.74, 6) is 0.106. The van der Waals surface area contributed by atoms with Gasteiger partial charge in [-0.3, -0.25) is 14.5 Å². The Morgan fingerprint density at radius 2 is 1.59 bits per heavy atom. The summed E-state index contributed by atoms with van der Waals surface area (Å²) in [7, 11) is 0. The van der Waals surface area contributed by atoms with Crippen molar-refractivity contribution in [3.05, 3.63) is 66.2 Å². The average molecular weight is 365 g/mol. The highest BCUT2D eigenvalue weighted by Crippen LogP contribution is 2.19. The van der Waals surface area contributed by atoms with Crippen molar-refractivity contribution in [2.24, 2.45) is 5.92 Å². The van der Waals surface area contributed by atoms with Gasteiger partial charge in [0.05, 0.1) is 12.6 Å². The van der Waals surface area contributed by atoms with Crippen LogP contribution in [-0.2, 0) is 9.59 Å². The first-order valence-electron chi connectivity index (χ1n) is 9.54. The highest BCUT2D eigenvalue weighted by Gasteiger charge is 2.26. The topological polar surface area (TPSA) is 61.4 Å². The molecule has 3 rings (SSSR count). The molecule has 2 amide bonds. The number of rotatable bonds is 6. The van der Waals surface area contributed by atoms with E-state index in [1.807, 2.05) is 67.6 Å². The van der Waals surface area contributed by atoms with Crippen molar-refractivity contribution in [2.45, 2.75) is 25.8 Å². The Kier molecular flexibility index (Phi) is 6.60. The van der Waals surface area contributed by atoms with Gasteiger partial charge in [-0.1, -0.05) is 48.5 Å². The van der Waals surface area contributed by atoms with Crippen LogP contribution in [0.2, 0.25) is 0 Å². The quantitative estimate of drug-likeness (QED) is 0.826. The Balaban J connectivity index is 1.41. The summed E-state index contributed by atoms with van der Waals surface area (Å²) in [4.78, 5) is 26.8. The summed E-state index contributed by atoms with van der Waals surface area (Å²) in [6.45, 7) is 3.90. The highest BCUT2D eigenvalue weighted by atomic mass is 16.2. The number of carbonyl (C=O) groups is 2. The van der Waals surface area contributed by atoms with Crippen molar-refractivity contribution in [3.8, 4) is 0 Å². The Bertz CT molecular complexity index is 741. The summed E-state index contributed by atoms with van der Waals surface area (Å²) in [5.41, 5.74) is 1.93. The predicted octanol–water partition coefficient (Wildman–Crippen LogP) is 3.21. The molecule has 2 N–H and O–H groups in total. The van der Waals surface area contributed by atoms with Crippen molar-refractivity contribution >= 4 is 17.5 Å². The first kappa shape index (κ1) is 19.1. The smallest absolute Gasteiger partial charge is 0.234 e. The van der Waals surface area contributed by atoms with E-state index in [-0.39, 0.29) is 23.8 Å². The molecule has 0 saturated carbocycles. The molecular formula is C22H27N3O2. The Hall–Kier alpha value is -2.66. The van der Waals surface area contributed by atoms with E-state index < -0.39 is 0 Å². The van der Waals surface area contributed by atoms with Crippen LogP contribution < -0.4 is 10.6 Å². The minimum atomic E-state index is -0.00658. The number of piperidine rings is 1. The molecule has 0 bridgehead atoms. The van der Waals surface area contributed by atoms with Crippen LogP contribution in [0.25, 0.3) is 0 Å². The molecule has 0 spiro atoms. The SMILES string of the molecule is CC(NC(=O)CN1CCC(C(=O)Nc2ccccc2)CC1)c1ccccc1. The third kappa shape index (κ3) is 5.66. The average Bonchev–Trinajstić information content (AvgIpc) is 2.70. The summed E-state index contributed by atoms with van der Waals surface area (Å²) in [6.07, 6.45) is 1.56. The number of carbonyl (C=O) groups excluding carboxylic acids is 2.